The molecule has 1 spiro atoms. The first-order chi connectivity index (χ1) is 17.5. The van der Waals surface area contributed by atoms with Crippen molar-refractivity contribution in [2.45, 2.75) is 31.2 Å². The number of fused-ring (bicyclic) bond motifs is 2. The van der Waals surface area contributed by atoms with Crippen LogP contribution < -0.4 is 19.7 Å². The SMILES string of the molecule is COc1ccc(CN2C(=O)C3(CCC3)c3cc(/C(=C/C=N)Nc4ccc(I)cc4)cc(OC)c32)cc1. The van der Waals surface area contributed by atoms with Crippen molar-refractivity contribution in [3.63, 3.8) is 0 Å². The topological polar surface area (TPSA) is 74.7 Å². The number of ether oxygens (including phenoxy) is 2. The molecule has 0 saturated heterocycles. The van der Waals surface area contributed by atoms with Gasteiger partial charge in [0.15, 0.2) is 0 Å². The van der Waals surface area contributed by atoms with Gasteiger partial charge in [0.05, 0.1) is 31.9 Å². The van der Waals surface area contributed by atoms with Gasteiger partial charge in [-0.1, -0.05) is 18.6 Å². The number of hydrogen-bond donors (Lipinski definition) is 2. The van der Waals surface area contributed by atoms with Gasteiger partial charge >= 0.3 is 0 Å². The Morgan fingerprint density at radius 2 is 1.81 bits per heavy atom. The number of amides is 1. The van der Waals surface area contributed by atoms with Crippen LogP contribution in [0.25, 0.3) is 5.70 Å². The number of carbonyl (C=O) groups excluding carboxylic acids is 1. The molecule has 0 atom stereocenters. The Morgan fingerprint density at radius 3 is 2.39 bits per heavy atom. The van der Waals surface area contributed by atoms with E-state index in [9.17, 15) is 4.79 Å². The molecule has 1 fully saturated rings. The van der Waals surface area contributed by atoms with E-state index in [-0.39, 0.29) is 5.91 Å². The van der Waals surface area contributed by atoms with Crippen LogP contribution in [0.5, 0.6) is 11.5 Å². The lowest BCUT2D eigenvalue weighted by Crippen LogP contribution is -2.44. The lowest BCUT2D eigenvalue weighted by Gasteiger charge is -2.37. The van der Waals surface area contributed by atoms with Gasteiger partial charge in [-0.3, -0.25) is 4.79 Å². The maximum Gasteiger partial charge on any atom is 0.238 e. The molecular formula is C29H28IN3O3. The summed E-state index contributed by atoms with van der Waals surface area (Å²) in [7, 11) is 3.29. The highest BCUT2D eigenvalue weighted by Gasteiger charge is 2.55. The second kappa shape index (κ2) is 9.97. The van der Waals surface area contributed by atoms with Gasteiger partial charge in [-0.25, -0.2) is 0 Å². The van der Waals surface area contributed by atoms with Gasteiger partial charge in [-0.15, -0.1) is 0 Å². The Kier molecular flexibility index (Phi) is 6.75. The number of allylic oxidation sites excluding steroid dienone is 1. The van der Waals surface area contributed by atoms with E-state index in [2.05, 4.69) is 34.0 Å². The fourth-order valence-corrected chi connectivity index (χ4v) is 5.46. The molecule has 1 aliphatic heterocycles. The van der Waals surface area contributed by atoms with E-state index in [4.69, 9.17) is 14.9 Å². The van der Waals surface area contributed by atoms with Gasteiger partial charge in [-0.05, 0) is 101 Å². The van der Waals surface area contributed by atoms with Crippen molar-refractivity contribution in [2.75, 3.05) is 24.4 Å². The van der Waals surface area contributed by atoms with Crippen LogP contribution >= 0.6 is 22.6 Å². The van der Waals surface area contributed by atoms with E-state index in [1.54, 1.807) is 20.3 Å². The minimum Gasteiger partial charge on any atom is -0.497 e. The van der Waals surface area contributed by atoms with Crippen molar-refractivity contribution >= 4 is 51.8 Å². The Hall–Kier alpha value is -3.33. The molecule has 5 rings (SSSR count). The number of nitrogens with zero attached hydrogens (tertiary/aromatic N) is 1. The maximum absolute atomic E-state index is 13.9. The fraction of sp³-hybridized carbons (Fsp3) is 0.241. The molecule has 1 saturated carbocycles. The molecule has 1 amide bonds. The molecule has 36 heavy (non-hydrogen) atoms. The van der Waals surface area contributed by atoms with Crippen LogP contribution in [0, 0.1) is 8.98 Å². The normalized spacial score (nSPS) is 15.9. The number of hydrogen-bond acceptors (Lipinski definition) is 5. The predicted octanol–water partition coefficient (Wildman–Crippen LogP) is 6.38. The smallest absolute Gasteiger partial charge is 0.238 e. The van der Waals surface area contributed by atoms with E-state index < -0.39 is 5.41 Å². The van der Waals surface area contributed by atoms with Crippen molar-refractivity contribution in [3.8, 4) is 11.5 Å². The first-order valence-corrected chi connectivity index (χ1v) is 13.0. The predicted molar refractivity (Wildman–Crippen MR) is 152 cm³/mol. The summed E-state index contributed by atoms with van der Waals surface area (Å²) in [6.07, 6.45) is 5.70. The van der Waals surface area contributed by atoms with Crippen molar-refractivity contribution < 1.29 is 14.3 Å². The third kappa shape index (κ3) is 4.25. The second-order valence-corrected chi connectivity index (χ2v) is 10.4. The summed E-state index contributed by atoms with van der Waals surface area (Å²) in [4.78, 5) is 15.8. The quantitative estimate of drug-likeness (QED) is 0.235. The number of methoxy groups -OCH3 is 2. The Morgan fingerprint density at radius 1 is 1.08 bits per heavy atom. The number of rotatable bonds is 8. The summed E-state index contributed by atoms with van der Waals surface area (Å²) >= 11 is 2.28. The standard InChI is InChI=1S/C29H28IN3O3/c1-35-23-10-4-19(5-11-23)18-33-27-24(29(28(33)34)13-3-14-29)16-20(17-26(27)36-2)25(12-15-31)32-22-8-6-21(30)7-9-22/h4-12,15-17,31-32H,3,13-14,18H2,1-2H3/b25-12-,31-15?. The molecule has 7 heteroatoms. The maximum atomic E-state index is 13.9. The van der Waals surface area contributed by atoms with Crippen molar-refractivity contribution in [3.05, 3.63) is 87.0 Å². The Bertz CT molecular complexity index is 1330. The number of carbonyl (C=O) groups is 1. The van der Waals surface area contributed by atoms with E-state index >= 15 is 0 Å². The highest BCUT2D eigenvalue weighted by atomic mass is 127. The Labute approximate surface area is 225 Å². The molecule has 0 bridgehead atoms. The fourth-order valence-electron chi connectivity index (χ4n) is 5.10. The summed E-state index contributed by atoms with van der Waals surface area (Å²) in [5.41, 5.74) is 4.98. The van der Waals surface area contributed by atoms with Crippen LogP contribution in [-0.4, -0.2) is 26.3 Å². The van der Waals surface area contributed by atoms with Crippen LogP contribution in [0.1, 0.15) is 36.0 Å². The highest BCUT2D eigenvalue weighted by Crippen LogP contribution is 2.57. The molecule has 3 aromatic carbocycles. The first-order valence-electron chi connectivity index (χ1n) is 11.9. The van der Waals surface area contributed by atoms with E-state index in [0.717, 1.165) is 62.3 Å². The van der Waals surface area contributed by atoms with E-state index in [1.165, 1.54) is 6.21 Å². The zero-order chi connectivity index (χ0) is 25.3. The van der Waals surface area contributed by atoms with Crippen LogP contribution in [0.15, 0.2) is 66.7 Å². The first kappa shape index (κ1) is 24.4. The lowest BCUT2D eigenvalue weighted by atomic mass is 9.65. The van der Waals surface area contributed by atoms with Crippen LogP contribution in [0.3, 0.4) is 0 Å². The summed E-state index contributed by atoms with van der Waals surface area (Å²) in [5, 5.41) is 11.2. The molecule has 6 nitrogen and oxygen atoms in total. The molecule has 0 unspecified atom stereocenters. The minimum absolute atomic E-state index is 0.137. The van der Waals surface area contributed by atoms with Gasteiger partial charge in [-0.2, -0.15) is 0 Å². The summed E-state index contributed by atoms with van der Waals surface area (Å²) < 4.78 is 12.3. The van der Waals surface area contributed by atoms with Crippen molar-refractivity contribution in [1.82, 2.24) is 0 Å². The molecule has 184 valence electrons. The third-order valence-corrected chi connectivity index (χ3v) is 7.85. The molecule has 2 aliphatic rings. The van der Waals surface area contributed by atoms with E-state index in [0.29, 0.717) is 12.3 Å². The molecule has 1 aliphatic carbocycles. The molecule has 3 aromatic rings. The third-order valence-electron chi connectivity index (χ3n) is 7.13. The summed E-state index contributed by atoms with van der Waals surface area (Å²) in [6.45, 7) is 0.470. The molecule has 0 aromatic heterocycles. The van der Waals surface area contributed by atoms with Gasteiger partial charge in [0.2, 0.25) is 5.91 Å². The summed E-state index contributed by atoms with van der Waals surface area (Å²) in [5.74, 6) is 1.59. The van der Waals surface area contributed by atoms with Crippen LogP contribution in [0.2, 0.25) is 0 Å². The van der Waals surface area contributed by atoms with Crippen LogP contribution in [0.4, 0.5) is 11.4 Å². The average molecular weight is 593 g/mol. The Balaban J connectivity index is 1.57. The molecule has 1 heterocycles. The monoisotopic (exact) mass is 593 g/mol. The number of benzene rings is 3. The number of anilines is 2. The molecule has 2 N–H and O–H groups in total. The van der Waals surface area contributed by atoms with Gasteiger partial charge in [0.1, 0.15) is 11.5 Å². The largest absolute Gasteiger partial charge is 0.497 e. The van der Waals surface area contributed by atoms with E-state index in [1.807, 2.05) is 59.5 Å². The molecular weight excluding hydrogens is 565 g/mol. The second-order valence-electron chi connectivity index (χ2n) is 9.13. The number of halogens is 1. The minimum atomic E-state index is -0.510. The molecule has 0 radical (unpaired) electrons. The lowest BCUT2D eigenvalue weighted by molar-refractivity contribution is -0.126. The van der Waals surface area contributed by atoms with Crippen LogP contribution in [-0.2, 0) is 16.8 Å². The summed E-state index contributed by atoms with van der Waals surface area (Å²) in [6, 6.07) is 20.0. The van der Waals surface area contributed by atoms with Gasteiger partial charge < -0.3 is 25.1 Å². The van der Waals surface area contributed by atoms with Gasteiger partial charge in [0.25, 0.3) is 0 Å². The van der Waals surface area contributed by atoms with Crippen molar-refractivity contribution in [1.29, 1.82) is 5.41 Å². The highest BCUT2D eigenvalue weighted by molar-refractivity contribution is 14.1. The number of nitrogens with one attached hydrogen (secondary N) is 2. The van der Waals surface area contributed by atoms with Crippen molar-refractivity contribution in [2.24, 2.45) is 0 Å². The average Bonchev–Trinajstić information content (AvgIpc) is 3.12. The zero-order valence-corrected chi connectivity index (χ0v) is 22.5. The zero-order valence-electron chi connectivity index (χ0n) is 20.3. The van der Waals surface area contributed by atoms with Gasteiger partial charge in [0, 0.05) is 26.7 Å².